The van der Waals surface area contributed by atoms with Crippen molar-refractivity contribution < 1.29 is 9.84 Å². The first-order chi connectivity index (χ1) is 8.25. The van der Waals surface area contributed by atoms with E-state index in [0.717, 1.165) is 19.6 Å². The minimum atomic E-state index is -0.292. The van der Waals surface area contributed by atoms with Gasteiger partial charge in [-0.15, -0.1) is 0 Å². The second kappa shape index (κ2) is 6.10. The Morgan fingerprint density at radius 3 is 3.18 bits per heavy atom. The molecule has 1 aromatic heterocycles. The molecule has 0 radical (unpaired) electrons. The number of aliphatic hydroxyl groups is 1. The summed E-state index contributed by atoms with van der Waals surface area (Å²) in [6, 6.07) is 3.99. The number of aromatic nitrogens is 1. The molecule has 1 aliphatic rings. The van der Waals surface area contributed by atoms with Gasteiger partial charge in [0.1, 0.15) is 0 Å². The highest BCUT2D eigenvalue weighted by atomic mass is 16.5. The van der Waals surface area contributed by atoms with Gasteiger partial charge in [-0.2, -0.15) is 0 Å². The van der Waals surface area contributed by atoms with Crippen LogP contribution < -0.4 is 0 Å². The molecule has 1 N–H and O–H groups in total. The van der Waals surface area contributed by atoms with E-state index in [4.69, 9.17) is 4.74 Å². The van der Waals surface area contributed by atoms with E-state index in [1.807, 2.05) is 19.3 Å². The number of rotatable bonds is 5. The van der Waals surface area contributed by atoms with Crippen LogP contribution in [0.5, 0.6) is 0 Å². The summed E-state index contributed by atoms with van der Waals surface area (Å²) in [5.74, 6) is 0.298. The molecule has 17 heavy (non-hydrogen) atoms. The summed E-state index contributed by atoms with van der Waals surface area (Å²) in [4.78, 5) is 6.21. The van der Waals surface area contributed by atoms with Gasteiger partial charge in [-0.1, -0.05) is 6.07 Å². The summed E-state index contributed by atoms with van der Waals surface area (Å²) in [6.45, 7) is 2.98. The zero-order valence-electron chi connectivity index (χ0n) is 10.2. The number of likely N-dealkylation sites (N-methyl/N-ethyl adjacent to an activating group) is 1. The molecule has 1 fully saturated rings. The number of ether oxygens (including phenoxy) is 1. The van der Waals surface area contributed by atoms with Crippen LogP contribution in [0.4, 0.5) is 0 Å². The van der Waals surface area contributed by atoms with E-state index in [9.17, 15) is 5.11 Å². The van der Waals surface area contributed by atoms with E-state index in [2.05, 4.69) is 16.0 Å². The van der Waals surface area contributed by atoms with Crippen molar-refractivity contribution in [1.82, 2.24) is 9.88 Å². The quantitative estimate of drug-likeness (QED) is 0.825. The van der Waals surface area contributed by atoms with Crippen LogP contribution in [-0.2, 0) is 11.3 Å². The summed E-state index contributed by atoms with van der Waals surface area (Å²) in [5.41, 5.74) is 1.17. The van der Waals surface area contributed by atoms with Gasteiger partial charge >= 0.3 is 0 Å². The Hall–Kier alpha value is -0.970. The lowest BCUT2D eigenvalue weighted by Crippen LogP contribution is -2.34. The first kappa shape index (κ1) is 12.5. The second-order valence-electron chi connectivity index (χ2n) is 4.75. The summed E-state index contributed by atoms with van der Waals surface area (Å²) in [6.07, 6.45) is 4.32. The molecule has 0 bridgehead atoms. The molecule has 2 rings (SSSR count). The molecule has 0 saturated carbocycles. The topological polar surface area (TPSA) is 45.6 Å². The highest BCUT2D eigenvalue weighted by Gasteiger charge is 2.24. The summed E-state index contributed by atoms with van der Waals surface area (Å²) in [5, 5.41) is 10.1. The zero-order chi connectivity index (χ0) is 12.1. The third-order valence-corrected chi connectivity index (χ3v) is 3.18. The van der Waals surface area contributed by atoms with E-state index in [1.165, 1.54) is 5.56 Å². The van der Waals surface area contributed by atoms with Gasteiger partial charge in [-0.25, -0.2) is 0 Å². The van der Waals surface area contributed by atoms with Crippen molar-refractivity contribution in [2.75, 3.05) is 26.8 Å². The van der Waals surface area contributed by atoms with Gasteiger partial charge in [0.25, 0.3) is 0 Å². The van der Waals surface area contributed by atoms with Crippen molar-refractivity contribution in [3.63, 3.8) is 0 Å². The van der Waals surface area contributed by atoms with E-state index < -0.39 is 0 Å². The van der Waals surface area contributed by atoms with Crippen LogP contribution in [-0.4, -0.2) is 47.9 Å². The number of hydrogen-bond acceptors (Lipinski definition) is 4. The molecule has 2 heterocycles. The molecule has 0 spiro atoms. The van der Waals surface area contributed by atoms with Crippen LogP contribution in [0.1, 0.15) is 12.0 Å². The van der Waals surface area contributed by atoms with Crippen molar-refractivity contribution in [3.8, 4) is 0 Å². The Bertz CT molecular complexity index is 325. The predicted octanol–water partition coefficient (Wildman–Crippen LogP) is 0.911. The zero-order valence-corrected chi connectivity index (χ0v) is 10.2. The van der Waals surface area contributed by atoms with Crippen molar-refractivity contribution in [2.45, 2.75) is 19.1 Å². The van der Waals surface area contributed by atoms with E-state index in [-0.39, 0.29) is 6.10 Å². The maximum absolute atomic E-state index is 10.1. The van der Waals surface area contributed by atoms with E-state index in [1.54, 1.807) is 6.20 Å². The highest BCUT2D eigenvalue weighted by Crippen LogP contribution is 2.17. The lowest BCUT2D eigenvalue weighted by Gasteiger charge is -2.23. The first-order valence-electron chi connectivity index (χ1n) is 6.09. The molecule has 1 aliphatic heterocycles. The molecular formula is C13H20N2O2. The van der Waals surface area contributed by atoms with Crippen molar-refractivity contribution in [2.24, 2.45) is 5.92 Å². The van der Waals surface area contributed by atoms with Gasteiger partial charge in [0.15, 0.2) is 0 Å². The molecule has 0 aromatic carbocycles. The highest BCUT2D eigenvalue weighted by molar-refractivity contribution is 5.07. The maximum atomic E-state index is 10.1. The van der Waals surface area contributed by atoms with Gasteiger partial charge in [0.2, 0.25) is 0 Å². The smallest absolute Gasteiger partial charge is 0.0718 e. The fourth-order valence-electron chi connectivity index (χ4n) is 2.19. The number of hydrogen-bond donors (Lipinski definition) is 1. The van der Waals surface area contributed by atoms with Gasteiger partial charge in [0.05, 0.1) is 12.7 Å². The minimum absolute atomic E-state index is 0.292. The van der Waals surface area contributed by atoms with Crippen molar-refractivity contribution in [1.29, 1.82) is 0 Å². The van der Waals surface area contributed by atoms with Crippen LogP contribution in [0.3, 0.4) is 0 Å². The predicted molar refractivity (Wildman–Crippen MR) is 65.5 cm³/mol. The van der Waals surface area contributed by atoms with Gasteiger partial charge in [-0.05, 0) is 25.1 Å². The van der Waals surface area contributed by atoms with Crippen molar-refractivity contribution in [3.05, 3.63) is 30.1 Å². The third-order valence-electron chi connectivity index (χ3n) is 3.18. The summed E-state index contributed by atoms with van der Waals surface area (Å²) in [7, 11) is 2.02. The molecule has 0 aliphatic carbocycles. The van der Waals surface area contributed by atoms with Gasteiger partial charge < -0.3 is 9.84 Å². The molecule has 1 aromatic rings. The molecule has 4 heteroatoms. The van der Waals surface area contributed by atoms with Crippen LogP contribution >= 0.6 is 0 Å². The molecule has 1 saturated heterocycles. The average molecular weight is 236 g/mol. The Morgan fingerprint density at radius 1 is 1.65 bits per heavy atom. The molecular weight excluding hydrogens is 216 g/mol. The number of pyridine rings is 1. The Kier molecular flexibility index (Phi) is 4.48. The molecule has 4 nitrogen and oxygen atoms in total. The largest absolute Gasteiger partial charge is 0.391 e. The van der Waals surface area contributed by atoms with Crippen LogP contribution in [0.25, 0.3) is 0 Å². The lowest BCUT2D eigenvalue weighted by molar-refractivity contribution is 0.0614. The van der Waals surface area contributed by atoms with Crippen molar-refractivity contribution >= 4 is 0 Å². The fraction of sp³-hybridized carbons (Fsp3) is 0.615. The average Bonchev–Trinajstić information content (AvgIpc) is 2.83. The molecule has 0 amide bonds. The lowest BCUT2D eigenvalue weighted by atomic mass is 10.0. The molecule has 2 atom stereocenters. The number of aliphatic hydroxyl groups excluding tert-OH is 1. The van der Waals surface area contributed by atoms with E-state index >= 15 is 0 Å². The standard InChI is InChI=1S/C13H20N2O2/c1-15(8-11-3-2-5-14-7-11)9-13(16)12-4-6-17-10-12/h2-3,5,7,12-13,16H,4,6,8-10H2,1H3. The van der Waals surface area contributed by atoms with Gasteiger partial charge in [-0.3, -0.25) is 9.88 Å². The fourth-order valence-corrected chi connectivity index (χ4v) is 2.19. The SMILES string of the molecule is CN(Cc1cccnc1)CC(O)C1CCOC1. The third kappa shape index (κ3) is 3.77. The van der Waals surface area contributed by atoms with Crippen LogP contribution in [0.15, 0.2) is 24.5 Å². The molecule has 94 valence electrons. The summed E-state index contributed by atoms with van der Waals surface area (Å²) < 4.78 is 5.29. The van der Waals surface area contributed by atoms with Crippen LogP contribution in [0, 0.1) is 5.92 Å². The first-order valence-corrected chi connectivity index (χ1v) is 6.09. The normalized spacial score (nSPS) is 21.9. The number of nitrogens with zero attached hydrogens (tertiary/aromatic N) is 2. The van der Waals surface area contributed by atoms with Crippen LogP contribution in [0.2, 0.25) is 0 Å². The monoisotopic (exact) mass is 236 g/mol. The second-order valence-corrected chi connectivity index (χ2v) is 4.75. The Balaban J connectivity index is 1.78. The van der Waals surface area contributed by atoms with Gasteiger partial charge in [0, 0.05) is 38.0 Å². The Morgan fingerprint density at radius 2 is 2.53 bits per heavy atom. The Labute approximate surface area is 102 Å². The minimum Gasteiger partial charge on any atom is -0.391 e. The molecule has 2 unspecified atom stereocenters. The maximum Gasteiger partial charge on any atom is 0.0718 e. The van der Waals surface area contributed by atoms with E-state index in [0.29, 0.717) is 19.1 Å². The summed E-state index contributed by atoms with van der Waals surface area (Å²) >= 11 is 0.